The van der Waals surface area contributed by atoms with Crippen molar-refractivity contribution in [3.63, 3.8) is 0 Å². The van der Waals surface area contributed by atoms with Crippen LogP contribution in [0.25, 0.3) is 5.76 Å². The number of nitro benzene ring substituents is 1. The van der Waals surface area contributed by atoms with Gasteiger partial charge in [0.2, 0.25) is 0 Å². The Hall–Kier alpha value is -4.08. The lowest BCUT2D eigenvalue weighted by Gasteiger charge is -2.25. The van der Waals surface area contributed by atoms with Gasteiger partial charge in [0.05, 0.1) is 16.5 Å². The summed E-state index contributed by atoms with van der Waals surface area (Å²) in [5.74, 6) is -4.47. The molecule has 1 heterocycles. The summed E-state index contributed by atoms with van der Waals surface area (Å²) in [6.07, 6.45) is -0.250. The number of benzene rings is 2. The molecule has 1 saturated heterocycles. The molecule has 10 heteroatoms. The molecule has 0 bridgehead atoms. The molecule has 2 aromatic carbocycles. The highest BCUT2D eigenvalue weighted by Gasteiger charge is 2.46. The van der Waals surface area contributed by atoms with E-state index in [1.54, 1.807) is 0 Å². The van der Waals surface area contributed by atoms with E-state index in [0.29, 0.717) is 0 Å². The van der Waals surface area contributed by atoms with Crippen molar-refractivity contribution in [2.75, 3.05) is 6.54 Å². The van der Waals surface area contributed by atoms with Gasteiger partial charge in [-0.3, -0.25) is 24.5 Å². The van der Waals surface area contributed by atoms with Gasteiger partial charge < -0.3 is 15.1 Å². The number of carboxylic acids is 1. The fourth-order valence-corrected chi connectivity index (χ4v) is 3.43. The maximum Gasteiger partial charge on any atom is 0.303 e. The van der Waals surface area contributed by atoms with Crippen molar-refractivity contribution in [3.8, 4) is 0 Å². The Morgan fingerprint density at radius 2 is 1.74 bits per heavy atom. The van der Waals surface area contributed by atoms with Crippen molar-refractivity contribution in [2.45, 2.75) is 18.9 Å². The van der Waals surface area contributed by atoms with Crippen LogP contribution in [0.2, 0.25) is 0 Å². The average molecular weight is 428 g/mol. The Kier molecular flexibility index (Phi) is 6.10. The first-order valence-corrected chi connectivity index (χ1v) is 9.21. The molecule has 31 heavy (non-hydrogen) atoms. The summed E-state index contributed by atoms with van der Waals surface area (Å²) in [7, 11) is 0. The van der Waals surface area contributed by atoms with Gasteiger partial charge in [0.25, 0.3) is 17.4 Å². The second-order valence-electron chi connectivity index (χ2n) is 6.82. The van der Waals surface area contributed by atoms with Crippen molar-refractivity contribution in [2.24, 2.45) is 0 Å². The number of nitro groups is 1. The molecule has 160 valence electrons. The van der Waals surface area contributed by atoms with Gasteiger partial charge in [-0.15, -0.1) is 0 Å². The summed E-state index contributed by atoms with van der Waals surface area (Å²) in [5.41, 5.74) is -0.619. The number of carbonyl (C=O) groups excluding carboxylic acids is 2. The number of amides is 1. The summed E-state index contributed by atoms with van der Waals surface area (Å²) in [6.45, 7) is -0.146. The highest BCUT2D eigenvalue weighted by atomic mass is 19.1. The highest BCUT2D eigenvalue weighted by Crippen LogP contribution is 2.40. The Morgan fingerprint density at radius 1 is 1.10 bits per heavy atom. The third-order valence-electron chi connectivity index (χ3n) is 4.88. The summed E-state index contributed by atoms with van der Waals surface area (Å²) in [6, 6.07) is 8.82. The van der Waals surface area contributed by atoms with Crippen LogP contribution in [-0.4, -0.2) is 44.2 Å². The Labute approximate surface area is 175 Å². The molecular weight excluding hydrogens is 411 g/mol. The number of likely N-dealkylation sites (tertiary alicyclic amines) is 1. The standard InChI is InChI=1S/C21H17FN2O7/c22-15-5-2-1-4-14(15)18-17(19(27)12-7-9-13(10-8-12)24(30)31)20(28)21(29)23(18)11-3-6-16(25)26/h1-2,4-5,7-10,18,27H,3,6,11H2,(H,25,26)/b19-17-. The summed E-state index contributed by atoms with van der Waals surface area (Å²) in [4.78, 5) is 47.4. The van der Waals surface area contributed by atoms with Crippen LogP contribution in [0, 0.1) is 15.9 Å². The minimum Gasteiger partial charge on any atom is -0.507 e. The Balaban J connectivity index is 2.11. The lowest BCUT2D eigenvalue weighted by Crippen LogP contribution is -2.31. The number of aliphatic hydroxyl groups excluding tert-OH is 1. The van der Waals surface area contributed by atoms with Crippen molar-refractivity contribution in [1.29, 1.82) is 0 Å². The molecule has 2 aromatic rings. The zero-order valence-electron chi connectivity index (χ0n) is 16.0. The van der Waals surface area contributed by atoms with E-state index in [1.165, 1.54) is 30.3 Å². The van der Waals surface area contributed by atoms with Crippen LogP contribution >= 0.6 is 0 Å². The van der Waals surface area contributed by atoms with Crippen LogP contribution in [0.5, 0.6) is 0 Å². The molecule has 1 amide bonds. The molecule has 0 spiro atoms. The second kappa shape index (κ2) is 8.74. The zero-order chi connectivity index (χ0) is 22.7. The van der Waals surface area contributed by atoms with Gasteiger partial charge in [0.1, 0.15) is 11.6 Å². The third-order valence-corrected chi connectivity index (χ3v) is 4.88. The van der Waals surface area contributed by atoms with Crippen LogP contribution in [0.15, 0.2) is 54.1 Å². The summed E-state index contributed by atoms with van der Waals surface area (Å²) >= 11 is 0. The number of carboxylic acid groups (broad SMARTS) is 1. The maximum absolute atomic E-state index is 14.6. The first-order chi connectivity index (χ1) is 14.7. The number of carbonyl (C=O) groups is 3. The molecule has 0 aliphatic carbocycles. The third kappa shape index (κ3) is 4.27. The van der Waals surface area contributed by atoms with Crippen molar-refractivity contribution in [3.05, 3.63) is 81.2 Å². The van der Waals surface area contributed by atoms with Gasteiger partial charge in [-0.2, -0.15) is 0 Å². The van der Waals surface area contributed by atoms with Crippen LogP contribution in [0.4, 0.5) is 10.1 Å². The number of hydrogen-bond donors (Lipinski definition) is 2. The molecule has 0 saturated carbocycles. The van der Waals surface area contributed by atoms with Gasteiger partial charge in [-0.05, 0) is 24.6 Å². The van der Waals surface area contributed by atoms with E-state index >= 15 is 0 Å². The van der Waals surface area contributed by atoms with Gasteiger partial charge in [0, 0.05) is 36.2 Å². The van der Waals surface area contributed by atoms with E-state index in [0.717, 1.165) is 23.1 Å². The van der Waals surface area contributed by atoms with E-state index in [9.17, 15) is 34.0 Å². The zero-order valence-corrected chi connectivity index (χ0v) is 16.0. The molecule has 2 N–H and O–H groups in total. The van der Waals surface area contributed by atoms with E-state index in [-0.39, 0.29) is 41.8 Å². The van der Waals surface area contributed by atoms with Gasteiger partial charge in [0.15, 0.2) is 0 Å². The molecular formula is C21H17FN2O7. The molecule has 3 rings (SSSR count). The predicted molar refractivity (Wildman–Crippen MR) is 105 cm³/mol. The number of aliphatic carboxylic acids is 1. The number of non-ortho nitro benzene ring substituents is 1. The lowest BCUT2D eigenvalue weighted by atomic mass is 9.95. The topological polar surface area (TPSA) is 138 Å². The average Bonchev–Trinajstić information content (AvgIpc) is 2.98. The quantitative estimate of drug-likeness (QED) is 0.227. The van der Waals surface area contributed by atoms with E-state index in [1.807, 2.05) is 0 Å². The largest absolute Gasteiger partial charge is 0.507 e. The number of halogens is 1. The predicted octanol–water partition coefficient (Wildman–Crippen LogP) is 3.02. The molecule has 0 aromatic heterocycles. The fraction of sp³-hybridized carbons (Fsp3) is 0.190. The lowest BCUT2D eigenvalue weighted by molar-refractivity contribution is -0.384. The Bertz CT molecular complexity index is 1100. The molecule has 9 nitrogen and oxygen atoms in total. The van der Waals surface area contributed by atoms with Gasteiger partial charge in [-0.25, -0.2) is 4.39 Å². The first kappa shape index (κ1) is 21.6. The van der Waals surface area contributed by atoms with Crippen LogP contribution < -0.4 is 0 Å². The number of aliphatic hydroxyl groups is 1. The molecule has 1 aliphatic rings. The maximum atomic E-state index is 14.6. The molecule has 1 fully saturated rings. The SMILES string of the molecule is O=C(O)CCCN1C(=O)C(=O)/C(=C(\O)c2ccc([N+](=O)[O-])cc2)C1c1ccccc1F. The van der Waals surface area contributed by atoms with Crippen molar-refractivity contribution < 1.29 is 33.9 Å². The van der Waals surface area contributed by atoms with Gasteiger partial charge >= 0.3 is 5.97 Å². The normalized spacial score (nSPS) is 17.7. The van der Waals surface area contributed by atoms with Crippen molar-refractivity contribution >= 4 is 29.1 Å². The minimum absolute atomic E-state index is 0.0187. The van der Waals surface area contributed by atoms with Crippen LogP contribution in [0.3, 0.4) is 0 Å². The first-order valence-electron chi connectivity index (χ1n) is 9.21. The van der Waals surface area contributed by atoms with Crippen LogP contribution in [-0.2, 0) is 14.4 Å². The molecule has 1 atom stereocenters. The summed E-state index contributed by atoms with van der Waals surface area (Å²) in [5, 5.41) is 30.5. The minimum atomic E-state index is -1.27. The van der Waals surface area contributed by atoms with Crippen molar-refractivity contribution in [1.82, 2.24) is 4.90 Å². The van der Waals surface area contributed by atoms with E-state index < -0.39 is 40.2 Å². The molecule has 1 aliphatic heterocycles. The van der Waals surface area contributed by atoms with Gasteiger partial charge in [-0.1, -0.05) is 18.2 Å². The number of nitrogens with zero attached hydrogens (tertiary/aromatic N) is 2. The highest BCUT2D eigenvalue weighted by molar-refractivity contribution is 6.46. The smallest absolute Gasteiger partial charge is 0.303 e. The number of hydrogen-bond acceptors (Lipinski definition) is 6. The monoisotopic (exact) mass is 428 g/mol. The Morgan fingerprint density at radius 3 is 2.32 bits per heavy atom. The number of ketones is 1. The molecule has 1 unspecified atom stereocenters. The number of rotatable bonds is 7. The molecule has 0 radical (unpaired) electrons. The fourth-order valence-electron chi connectivity index (χ4n) is 3.43. The van der Waals surface area contributed by atoms with Crippen LogP contribution in [0.1, 0.15) is 30.0 Å². The van der Waals surface area contributed by atoms with E-state index in [4.69, 9.17) is 5.11 Å². The van der Waals surface area contributed by atoms with E-state index in [2.05, 4.69) is 0 Å². The summed E-state index contributed by atoms with van der Waals surface area (Å²) < 4.78 is 14.6. The number of Topliss-reactive ketones (excluding diaryl/α,β-unsaturated/α-hetero) is 1. The second-order valence-corrected chi connectivity index (χ2v) is 6.82.